The van der Waals surface area contributed by atoms with Gasteiger partial charge in [-0.3, -0.25) is 0 Å². The van der Waals surface area contributed by atoms with Crippen LogP contribution in [0.25, 0.3) is 11.1 Å². The van der Waals surface area contributed by atoms with Gasteiger partial charge in [-0.2, -0.15) is 0 Å². The molecule has 1 N–H and O–H groups in total. The molecule has 1 nitrogen and oxygen atoms in total. The number of aliphatic hydroxyl groups is 1. The normalized spacial score (nSPS) is 25.4. The highest BCUT2D eigenvalue weighted by Crippen LogP contribution is 2.53. The molecule has 4 rings (SSSR count). The van der Waals surface area contributed by atoms with Crippen molar-refractivity contribution in [2.24, 2.45) is 5.92 Å². The number of fused-ring (bicyclic) bond motifs is 3. The van der Waals surface area contributed by atoms with Crippen LogP contribution in [-0.2, 0) is 12.0 Å². The minimum atomic E-state index is -0.634. The Morgan fingerprint density at radius 2 is 1.56 bits per heavy atom. The van der Waals surface area contributed by atoms with Crippen molar-refractivity contribution >= 4 is 0 Å². The monoisotopic (exact) mass is 236 g/mol. The lowest BCUT2D eigenvalue weighted by Crippen LogP contribution is -2.34. The van der Waals surface area contributed by atoms with E-state index in [1.807, 2.05) is 6.07 Å². The third-order valence-electron chi connectivity index (χ3n) is 4.41. The van der Waals surface area contributed by atoms with E-state index in [-0.39, 0.29) is 0 Å². The van der Waals surface area contributed by atoms with Crippen molar-refractivity contribution in [2.45, 2.75) is 24.9 Å². The molecule has 0 amide bonds. The van der Waals surface area contributed by atoms with Crippen molar-refractivity contribution in [2.75, 3.05) is 0 Å². The van der Waals surface area contributed by atoms with Crippen LogP contribution in [0.15, 0.2) is 48.5 Å². The van der Waals surface area contributed by atoms with Crippen LogP contribution in [0.5, 0.6) is 0 Å². The first-order valence-electron chi connectivity index (χ1n) is 6.69. The number of hydrogen-bond donors (Lipinski definition) is 1. The van der Waals surface area contributed by atoms with Crippen LogP contribution in [-0.4, -0.2) is 5.11 Å². The summed E-state index contributed by atoms with van der Waals surface area (Å²) >= 11 is 0. The van der Waals surface area contributed by atoms with Gasteiger partial charge in [-0.15, -0.1) is 0 Å². The van der Waals surface area contributed by atoms with Gasteiger partial charge in [0.15, 0.2) is 0 Å². The zero-order valence-corrected chi connectivity index (χ0v) is 10.3. The largest absolute Gasteiger partial charge is 0.385 e. The molecule has 0 saturated heterocycles. The second-order valence-electron chi connectivity index (χ2n) is 5.58. The fraction of sp³-hybridized carbons (Fsp3) is 0.294. The molecule has 0 radical (unpaired) electrons. The van der Waals surface area contributed by atoms with Gasteiger partial charge in [0.05, 0.1) is 5.60 Å². The Hall–Kier alpha value is -1.60. The molecule has 90 valence electrons. The van der Waals surface area contributed by atoms with Crippen molar-refractivity contribution in [1.82, 2.24) is 0 Å². The van der Waals surface area contributed by atoms with E-state index in [0.717, 1.165) is 24.8 Å². The Kier molecular flexibility index (Phi) is 1.98. The molecule has 18 heavy (non-hydrogen) atoms. The second-order valence-corrected chi connectivity index (χ2v) is 5.58. The Balaban J connectivity index is 2.00. The van der Waals surface area contributed by atoms with Gasteiger partial charge >= 0.3 is 0 Å². The van der Waals surface area contributed by atoms with E-state index in [0.29, 0.717) is 5.92 Å². The predicted molar refractivity (Wildman–Crippen MR) is 72.2 cm³/mol. The summed E-state index contributed by atoms with van der Waals surface area (Å²) in [6, 6.07) is 16.8. The van der Waals surface area contributed by atoms with E-state index in [1.54, 1.807) is 0 Å². The average molecular weight is 236 g/mol. The highest BCUT2D eigenvalue weighted by atomic mass is 16.3. The molecule has 1 atom stereocenters. The van der Waals surface area contributed by atoms with Gasteiger partial charge in [0, 0.05) is 6.42 Å². The molecule has 0 heterocycles. The smallest absolute Gasteiger partial charge is 0.0970 e. The first-order chi connectivity index (χ1) is 8.79. The van der Waals surface area contributed by atoms with Crippen LogP contribution in [0.4, 0.5) is 0 Å². The van der Waals surface area contributed by atoms with Crippen LogP contribution in [0, 0.1) is 5.92 Å². The quantitative estimate of drug-likeness (QED) is 0.803. The van der Waals surface area contributed by atoms with Gasteiger partial charge in [0.1, 0.15) is 0 Å². The summed E-state index contributed by atoms with van der Waals surface area (Å²) in [4.78, 5) is 0. The molecule has 2 aromatic rings. The predicted octanol–water partition coefficient (Wildman–Crippen LogP) is 3.51. The van der Waals surface area contributed by atoms with Gasteiger partial charge in [0.25, 0.3) is 0 Å². The molecule has 1 saturated carbocycles. The minimum absolute atomic E-state index is 0.451. The lowest BCUT2D eigenvalue weighted by molar-refractivity contribution is 0.0122. The molecule has 1 heteroatoms. The Morgan fingerprint density at radius 3 is 2.33 bits per heavy atom. The van der Waals surface area contributed by atoms with Crippen molar-refractivity contribution in [3.05, 3.63) is 59.7 Å². The first kappa shape index (κ1) is 10.3. The van der Waals surface area contributed by atoms with Crippen molar-refractivity contribution < 1.29 is 5.11 Å². The lowest BCUT2D eigenvalue weighted by atomic mass is 9.73. The maximum Gasteiger partial charge on any atom is 0.0970 e. The van der Waals surface area contributed by atoms with Crippen LogP contribution >= 0.6 is 0 Å². The van der Waals surface area contributed by atoms with Crippen molar-refractivity contribution in [3.63, 3.8) is 0 Å². The molecule has 0 spiro atoms. The van der Waals surface area contributed by atoms with Gasteiger partial charge < -0.3 is 5.11 Å². The maximum absolute atomic E-state index is 11.1. The van der Waals surface area contributed by atoms with Crippen LogP contribution in [0.1, 0.15) is 24.0 Å². The minimum Gasteiger partial charge on any atom is -0.385 e. The zero-order chi connectivity index (χ0) is 12.2. The van der Waals surface area contributed by atoms with Crippen LogP contribution < -0.4 is 0 Å². The van der Waals surface area contributed by atoms with Gasteiger partial charge in [-0.25, -0.2) is 0 Å². The molecule has 2 aromatic carbocycles. The second kappa shape index (κ2) is 3.46. The van der Waals surface area contributed by atoms with Crippen LogP contribution in [0.2, 0.25) is 0 Å². The molecule has 0 aliphatic heterocycles. The summed E-state index contributed by atoms with van der Waals surface area (Å²) in [5.74, 6) is 0.451. The fourth-order valence-corrected chi connectivity index (χ4v) is 3.34. The molecule has 2 aliphatic rings. The van der Waals surface area contributed by atoms with Gasteiger partial charge in [-0.1, -0.05) is 48.5 Å². The zero-order valence-electron chi connectivity index (χ0n) is 10.3. The number of benzene rings is 2. The number of rotatable bonds is 1. The molecule has 1 unspecified atom stereocenters. The standard InChI is InChI=1S/C17H16O/c18-17(13-9-10-13)11-12-5-1-2-6-14(12)15-7-3-4-8-16(15)17/h1-8,13,18H,9-11H2. The van der Waals surface area contributed by atoms with Crippen molar-refractivity contribution in [1.29, 1.82) is 0 Å². The maximum atomic E-state index is 11.1. The molecule has 2 aliphatic carbocycles. The molecule has 1 fully saturated rings. The summed E-state index contributed by atoms with van der Waals surface area (Å²) in [5.41, 5.74) is 4.29. The summed E-state index contributed by atoms with van der Waals surface area (Å²) in [7, 11) is 0. The third-order valence-corrected chi connectivity index (χ3v) is 4.41. The van der Waals surface area contributed by atoms with Crippen LogP contribution in [0.3, 0.4) is 0 Å². The van der Waals surface area contributed by atoms with E-state index in [4.69, 9.17) is 0 Å². The Morgan fingerprint density at radius 1 is 0.889 bits per heavy atom. The Bertz CT molecular complexity index is 613. The molecular formula is C17H16O. The molecule has 0 aromatic heterocycles. The summed E-state index contributed by atoms with van der Waals surface area (Å²) in [6.45, 7) is 0. The highest BCUT2D eigenvalue weighted by molar-refractivity contribution is 5.74. The van der Waals surface area contributed by atoms with Gasteiger partial charge in [-0.05, 0) is 41.0 Å². The summed E-state index contributed by atoms with van der Waals surface area (Å²) < 4.78 is 0. The topological polar surface area (TPSA) is 20.2 Å². The van der Waals surface area contributed by atoms with E-state index < -0.39 is 5.60 Å². The third kappa shape index (κ3) is 1.31. The summed E-state index contributed by atoms with van der Waals surface area (Å²) in [5, 5.41) is 11.1. The SMILES string of the molecule is OC1(C2CC2)Cc2ccccc2-c2ccccc21. The van der Waals surface area contributed by atoms with Gasteiger partial charge in [0.2, 0.25) is 0 Å². The van der Waals surface area contributed by atoms with E-state index in [2.05, 4.69) is 42.5 Å². The highest BCUT2D eigenvalue weighted by Gasteiger charge is 2.48. The molecular weight excluding hydrogens is 220 g/mol. The van der Waals surface area contributed by atoms with Crippen molar-refractivity contribution in [3.8, 4) is 11.1 Å². The molecule has 0 bridgehead atoms. The summed E-state index contributed by atoms with van der Waals surface area (Å²) in [6.07, 6.45) is 3.09. The fourth-order valence-electron chi connectivity index (χ4n) is 3.34. The average Bonchev–Trinajstić information content (AvgIpc) is 3.24. The Labute approximate surface area is 107 Å². The van der Waals surface area contributed by atoms with E-state index in [1.165, 1.54) is 16.7 Å². The lowest BCUT2D eigenvalue weighted by Gasteiger charge is -2.36. The van der Waals surface area contributed by atoms with E-state index >= 15 is 0 Å². The first-order valence-corrected chi connectivity index (χ1v) is 6.69. The number of hydrogen-bond acceptors (Lipinski definition) is 1. The van der Waals surface area contributed by atoms with E-state index in [9.17, 15) is 5.11 Å².